The monoisotopic (exact) mass is 661 g/mol. The molecule has 0 N–H and O–H groups in total. The molecule has 7 aromatic carbocycles. The van der Waals surface area contributed by atoms with Crippen molar-refractivity contribution in [2.45, 2.75) is 40.5 Å². The van der Waals surface area contributed by atoms with Crippen molar-refractivity contribution >= 4 is 55.9 Å². The summed E-state index contributed by atoms with van der Waals surface area (Å²) in [4.78, 5) is 4.80. The van der Waals surface area contributed by atoms with Gasteiger partial charge in [-0.05, 0) is 146 Å². The highest BCUT2D eigenvalue weighted by Gasteiger charge is 2.20. The summed E-state index contributed by atoms with van der Waals surface area (Å²) in [5.41, 5.74) is 15.5. The predicted molar refractivity (Wildman–Crippen MR) is 218 cm³/mol. The Bertz CT molecular complexity index is 2340. The average Bonchev–Trinajstić information content (AvgIpc) is 3.49. The number of rotatable bonds is 9. The zero-order valence-corrected chi connectivity index (χ0v) is 29.8. The van der Waals surface area contributed by atoms with Crippen LogP contribution in [0.3, 0.4) is 0 Å². The zero-order valence-electron chi connectivity index (χ0n) is 29.8. The molecule has 8 aromatic rings. The van der Waals surface area contributed by atoms with E-state index in [2.05, 4.69) is 206 Å². The lowest BCUT2D eigenvalue weighted by Gasteiger charge is -2.27. The van der Waals surface area contributed by atoms with Gasteiger partial charge in [-0.3, -0.25) is 0 Å². The number of aryl methyl sites for hydroxylation is 4. The van der Waals surface area contributed by atoms with E-state index in [9.17, 15) is 0 Å². The van der Waals surface area contributed by atoms with Crippen molar-refractivity contribution in [2.24, 2.45) is 0 Å². The van der Waals surface area contributed by atoms with Crippen LogP contribution in [0.1, 0.15) is 36.1 Å². The fourth-order valence-corrected chi connectivity index (χ4v) is 7.39. The van der Waals surface area contributed by atoms with Gasteiger partial charge >= 0.3 is 0 Å². The molecule has 0 saturated carbocycles. The topological polar surface area (TPSA) is 11.4 Å². The lowest BCUT2D eigenvalue weighted by molar-refractivity contribution is 1.13. The molecule has 0 fully saturated rings. The number of fused-ring (bicyclic) bond motifs is 3. The summed E-state index contributed by atoms with van der Waals surface area (Å²) in [6.45, 7) is 8.77. The van der Waals surface area contributed by atoms with Gasteiger partial charge < -0.3 is 14.4 Å². The third-order valence-electron chi connectivity index (χ3n) is 9.94. The maximum atomic E-state index is 2.40. The number of para-hydroxylation sites is 1. The SMILES string of the molecule is CCc1cccc(N(c2cccc(C)c2)c2ccc3c(c2)c2cc(N(c4cccc(C)c4)c4cccc(CC)c4)ccc2n3-c2ccccc2)c1. The van der Waals surface area contributed by atoms with Crippen molar-refractivity contribution in [2.75, 3.05) is 9.80 Å². The van der Waals surface area contributed by atoms with Crippen molar-refractivity contribution in [1.82, 2.24) is 4.57 Å². The second-order valence-electron chi connectivity index (χ2n) is 13.5. The fourth-order valence-electron chi connectivity index (χ4n) is 7.39. The first kappa shape index (κ1) is 32.2. The molecule has 51 heavy (non-hydrogen) atoms. The number of benzene rings is 7. The highest BCUT2D eigenvalue weighted by molar-refractivity contribution is 6.12. The predicted octanol–water partition coefficient (Wildman–Crippen LogP) is 13.5. The number of anilines is 6. The van der Waals surface area contributed by atoms with Crippen molar-refractivity contribution in [1.29, 1.82) is 0 Å². The Kier molecular flexibility index (Phi) is 8.63. The van der Waals surface area contributed by atoms with Crippen LogP contribution in [-0.2, 0) is 12.8 Å². The fraction of sp³-hybridized carbons (Fsp3) is 0.125. The molecule has 8 rings (SSSR count). The van der Waals surface area contributed by atoms with Crippen molar-refractivity contribution in [3.8, 4) is 5.69 Å². The second kappa shape index (κ2) is 13.7. The summed E-state index contributed by atoms with van der Waals surface area (Å²) in [6, 6.07) is 60.1. The van der Waals surface area contributed by atoms with Gasteiger partial charge in [-0.15, -0.1) is 0 Å². The number of hydrogen-bond donors (Lipinski definition) is 0. The quantitative estimate of drug-likeness (QED) is 0.152. The minimum Gasteiger partial charge on any atom is -0.310 e. The summed E-state index contributed by atoms with van der Waals surface area (Å²) < 4.78 is 2.40. The summed E-state index contributed by atoms with van der Waals surface area (Å²) in [7, 11) is 0. The first-order valence-electron chi connectivity index (χ1n) is 18.1. The molecule has 1 heterocycles. The van der Waals surface area contributed by atoms with E-state index >= 15 is 0 Å². The Morgan fingerprint density at radius 3 is 1.24 bits per heavy atom. The van der Waals surface area contributed by atoms with Gasteiger partial charge in [-0.2, -0.15) is 0 Å². The van der Waals surface area contributed by atoms with Gasteiger partial charge in [0, 0.05) is 50.6 Å². The number of hydrogen-bond acceptors (Lipinski definition) is 2. The average molecular weight is 662 g/mol. The van der Waals surface area contributed by atoms with Crippen LogP contribution in [0, 0.1) is 13.8 Å². The maximum Gasteiger partial charge on any atom is 0.0542 e. The van der Waals surface area contributed by atoms with Crippen molar-refractivity contribution in [3.63, 3.8) is 0 Å². The van der Waals surface area contributed by atoms with E-state index in [1.54, 1.807) is 0 Å². The Balaban J connectivity index is 1.39. The van der Waals surface area contributed by atoms with Gasteiger partial charge in [0.1, 0.15) is 0 Å². The lowest BCUT2D eigenvalue weighted by Crippen LogP contribution is -2.10. The lowest BCUT2D eigenvalue weighted by atomic mass is 10.1. The summed E-state index contributed by atoms with van der Waals surface area (Å²) in [5, 5.41) is 2.42. The molecule has 0 spiro atoms. The smallest absolute Gasteiger partial charge is 0.0542 e. The molecular weight excluding hydrogens is 619 g/mol. The molecular formula is C48H43N3. The molecule has 0 aliphatic rings. The second-order valence-corrected chi connectivity index (χ2v) is 13.5. The van der Waals surface area contributed by atoms with Gasteiger partial charge in [0.05, 0.1) is 11.0 Å². The Morgan fingerprint density at radius 2 is 0.804 bits per heavy atom. The molecule has 250 valence electrons. The Labute approximate surface area is 301 Å². The van der Waals surface area contributed by atoms with Crippen molar-refractivity contribution < 1.29 is 0 Å². The van der Waals surface area contributed by atoms with Crippen LogP contribution in [0.2, 0.25) is 0 Å². The molecule has 3 nitrogen and oxygen atoms in total. The van der Waals surface area contributed by atoms with E-state index in [0.717, 1.165) is 52.7 Å². The van der Waals surface area contributed by atoms with Crippen molar-refractivity contribution in [3.05, 3.63) is 186 Å². The maximum absolute atomic E-state index is 2.40. The zero-order chi connectivity index (χ0) is 34.9. The first-order chi connectivity index (χ1) is 25.0. The van der Waals surface area contributed by atoms with Crippen LogP contribution < -0.4 is 9.80 Å². The van der Waals surface area contributed by atoms with Crippen LogP contribution in [-0.4, -0.2) is 4.57 Å². The van der Waals surface area contributed by atoms with Crippen LogP contribution in [0.25, 0.3) is 27.5 Å². The first-order valence-corrected chi connectivity index (χ1v) is 18.1. The third-order valence-corrected chi connectivity index (χ3v) is 9.94. The molecule has 0 saturated heterocycles. The van der Waals surface area contributed by atoms with E-state index < -0.39 is 0 Å². The molecule has 0 unspecified atom stereocenters. The molecule has 0 radical (unpaired) electrons. The molecule has 1 aromatic heterocycles. The van der Waals surface area contributed by atoms with Crippen LogP contribution in [0.5, 0.6) is 0 Å². The van der Waals surface area contributed by atoms with Crippen LogP contribution >= 0.6 is 0 Å². The van der Waals surface area contributed by atoms with Crippen LogP contribution in [0.4, 0.5) is 34.1 Å². The summed E-state index contributed by atoms with van der Waals surface area (Å²) in [5.74, 6) is 0. The molecule has 0 aliphatic carbocycles. The summed E-state index contributed by atoms with van der Waals surface area (Å²) in [6.07, 6.45) is 1.97. The summed E-state index contributed by atoms with van der Waals surface area (Å²) >= 11 is 0. The van der Waals surface area contributed by atoms with E-state index in [-0.39, 0.29) is 0 Å². The van der Waals surface area contributed by atoms with Crippen LogP contribution in [0.15, 0.2) is 164 Å². The molecule has 3 heteroatoms. The number of nitrogens with zero attached hydrogens (tertiary/aromatic N) is 3. The van der Waals surface area contributed by atoms with Gasteiger partial charge in [0.2, 0.25) is 0 Å². The molecule has 0 atom stereocenters. The van der Waals surface area contributed by atoms with E-state index in [0.29, 0.717) is 0 Å². The van der Waals surface area contributed by atoms with Gasteiger partial charge in [-0.1, -0.05) is 80.6 Å². The van der Waals surface area contributed by atoms with E-state index in [1.165, 1.54) is 44.1 Å². The highest BCUT2D eigenvalue weighted by atomic mass is 15.1. The Morgan fingerprint density at radius 1 is 0.392 bits per heavy atom. The minimum atomic E-state index is 0.987. The van der Waals surface area contributed by atoms with Gasteiger partial charge in [0.15, 0.2) is 0 Å². The normalized spacial score (nSPS) is 11.3. The third kappa shape index (κ3) is 6.17. The molecule has 0 bridgehead atoms. The van der Waals surface area contributed by atoms with Gasteiger partial charge in [-0.25, -0.2) is 0 Å². The van der Waals surface area contributed by atoms with E-state index in [1.807, 2.05) is 0 Å². The standard InChI is InChI=1S/C48H43N3/c1-5-36-16-12-22-41(30-36)49(39-20-10-14-34(3)28-39)43-24-26-47-45(32-43)46-33-44(25-27-48(46)51(47)38-18-8-7-9-19-38)50(40-21-11-15-35(4)29-40)42-23-13-17-37(6-2)31-42/h7-33H,5-6H2,1-4H3. The molecule has 0 amide bonds. The Hall–Kier alpha value is -6.06. The largest absolute Gasteiger partial charge is 0.310 e. The molecule has 0 aliphatic heterocycles. The highest BCUT2D eigenvalue weighted by Crippen LogP contribution is 2.43. The minimum absolute atomic E-state index is 0.987. The number of aromatic nitrogens is 1. The van der Waals surface area contributed by atoms with Gasteiger partial charge in [0.25, 0.3) is 0 Å². The van der Waals surface area contributed by atoms with E-state index in [4.69, 9.17) is 0 Å².